The lowest BCUT2D eigenvalue weighted by Crippen LogP contribution is -2.46. The Morgan fingerprint density at radius 3 is 2.18 bits per heavy atom. The zero-order valence-electron chi connectivity index (χ0n) is 18.4. The van der Waals surface area contributed by atoms with E-state index in [-0.39, 0.29) is 11.4 Å². The topological polar surface area (TPSA) is 131 Å². The summed E-state index contributed by atoms with van der Waals surface area (Å²) in [6, 6.07) is 19.9. The molecule has 0 aliphatic carbocycles. The smallest absolute Gasteiger partial charge is 0.269 e. The molecule has 3 aromatic carbocycles. The normalized spacial score (nSPS) is 12.2. The molecule has 1 atom stereocenters. The molecule has 0 saturated carbocycles. The van der Waals surface area contributed by atoms with Crippen LogP contribution in [0.15, 0.2) is 84.0 Å². The molecule has 0 radical (unpaired) electrons. The number of sulfonamides is 1. The molecule has 34 heavy (non-hydrogen) atoms. The molecule has 10 nitrogen and oxygen atoms in total. The number of para-hydroxylation sites is 1. The van der Waals surface area contributed by atoms with Crippen molar-refractivity contribution in [2.45, 2.75) is 13.0 Å². The molecule has 1 amide bonds. The number of nitrogens with one attached hydrogen (secondary N) is 1. The fourth-order valence-electron chi connectivity index (χ4n) is 3.04. The highest BCUT2D eigenvalue weighted by Crippen LogP contribution is 2.26. The first-order valence-electron chi connectivity index (χ1n) is 10.0. The Bertz CT molecular complexity index is 1280. The number of nitro groups is 1. The molecule has 0 saturated heterocycles. The van der Waals surface area contributed by atoms with Crippen LogP contribution in [0.2, 0.25) is 0 Å². The molecule has 1 N–H and O–H groups in total. The van der Waals surface area contributed by atoms with Gasteiger partial charge in [-0.3, -0.25) is 19.2 Å². The van der Waals surface area contributed by atoms with E-state index >= 15 is 0 Å². The lowest BCUT2D eigenvalue weighted by molar-refractivity contribution is -0.384. The lowest BCUT2D eigenvalue weighted by Gasteiger charge is -2.27. The molecular formula is C23H22N4O6S. The summed E-state index contributed by atoms with van der Waals surface area (Å²) < 4.78 is 31.6. The van der Waals surface area contributed by atoms with E-state index in [0.717, 1.165) is 10.6 Å². The Hall–Kier alpha value is -4.25. The van der Waals surface area contributed by atoms with Crippen LogP contribution in [0.4, 0.5) is 11.4 Å². The minimum Gasteiger partial charge on any atom is -0.457 e. The van der Waals surface area contributed by atoms with Crippen molar-refractivity contribution >= 4 is 33.5 Å². The second kappa shape index (κ2) is 10.6. The molecule has 0 spiro atoms. The fourth-order valence-corrected chi connectivity index (χ4v) is 4.22. The Labute approximate surface area is 196 Å². The van der Waals surface area contributed by atoms with E-state index in [4.69, 9.17) is 4.74 Å². The van der Waals surface area contributed by atoms with E-state index in [2.05, 4.69) is 10.5 Å². The van der Waals surface area contributed by atoms with Gasteiger partial charge in [0.05, 0.1) is 23.1 Å². The third-order valence-corrected chi connectivity index (χ3v) is 5.89. The van der Waals surface area contributed by atoms with Crippen LogP contribution in [0.3, 0.4) is 0 Å². The third-order valence-electron chi connectivity index (χ3n) is 4.65. The number of carbonyl (C=O) groups excluding carboxylic acids is 1. The number of nitrogens with zero attached hydrogens (tertiary/aromatic N) is 3. The second-order valence-electron chi connectivity index (χ2n) is 7.23. The summed E-state index contributed by atoms with van der Waals surface area (Å²) in [7, 11) is -3.81. The summed E-state index contributed by atoms with van der Waals surface area (Å²) in [5, 5.41) is 14.5. The van der Waals surface area contributed by atoms with Crippen molar-refractivity contribution in [3.63, 3.8) is 0 Å². The molecule has 3 rings (SSSR count). The summed E-state index contributed by atoms with van der Waals surface area (Å²) in [4.78, 5) is 22.8. The van der Waals surface area contributed by atoms with E-state index in [1.807, 2.05) is 18.2 Å². The van der Waals surface area contributed by atoms with E-state index in [9.17, 15) is 23.3 Å². The quantitative estimate of drug-likeness (QED) is 0.281. The van der Waals surface area contributed by atoms with Crippen molar-refractivity contribution in [1.29, 1.82) is 0 Å². The number of hydrazone groups is 1. The zero-order chi connectivity index (χ0) is 24.7. The van der Waals surface area contributed by atoms with Crippen LogP contribution in [-0.2, 0) is 14.8 Å². The van der Waals surface area contributed by atoms with Crippen molar-refractivity contribution in [2.75, 3.05) is 10.6 Å². The van der Waals surface area contributed by atoms with Crippen LogP contribution in [0.5, 0.6) is 11.5 Å². The van der Waals surface area contributed by atoms with Crippen molar-refractivity contribution in [2.24, 2.45) is 5.10 Å². The van der Waals surface area contributed by atoms with Crippen molar-refractivity contribution in [3.8, 4) is 11.5 Å². The highest BCUT2D eigenvalue weighted by atomic mass is 32.2. The lowest BCUT2D eigenvalue weighted by atomic mass is 10.2. The van der Waals surface area contributed by atoms with Gasteiger partial charge in [0.25, 0.3) is 11.6 Å². The molecule has 0 aliphatic rings. The molecule has 0 bridgehead atoms. The largest absolute Gasteiger partial charge is 0.457 e. The highest BCUT2D eigenvalue weighted by Gasteiger charge is 2.29. The number of hydrogen-bond donors (Lipinski definition) is 1. The molecule has 0 aliphatic heterocycles. The Morgan fingerprint density at radius 1 is 1.03 bits per heavy atom. The van der Waals surface area contributed by atoms with Gasteiger partial charge in [0.2, 0.25) is 10.0 Å². The number of hydrogen-bond acceptors (Lipinski definition) is 7. The van der Waals surface area contributed by atoms with E-state index in [1.165, 1.54) is 37.4 Å². The SMILES string of the molecule is C[C@@H](C(=O)N/N=C\c1ccc([N+](=O)[O-])cc1)N(c1ccc(Oc2ccccc2)cc1)S(C)(=O)=O. The van der Waals surface area contributed by atoms with Crippen molar-refractivity contribution < 1.29 is 22.9 Å². The van der Waals surface area contributed by atoms with Gasteiger partial charge in [-0.1, -0.05) is 18.2 Å². The predicted molar refractivity (Wildman–Crippen MR) is 129 cm³/mol. The van der Waals surface area contributed by atoms with Crippen LogP contribution in [-0.4, -0.2) is 37.8 Å². The maximum absolute atomic E-state index is 12.6. The number of carbonyl (C=O) groups is 1. The molecule has 0 unspecified atom stereocenters. The third kappa shape index (κ3) is 6.39. The van der Waals surface area contributed by atoms with Gasteiger partial charge in [0.15, 0.2) is 0 Å². The van der Waals surface area contributed by atoms with E-state index in [0.29, 0.717) is 17.1 Å². The van der Waals surface area contributed by atoms with Crippen molar-refractivity contribution in [1.82, 2.24) is 5.43 Å². The summed E-state index contributed by atoms with van der Waals surface area (Å²) >= 11 is 0. The minimum absolute atomic E-state index is 0.0706. The molecule has 3 aromatic rings. The number of ether oxygens (including phenoxy) is 1. The Kier molecular flexibility index (Phi) is 7.59. The Balaban J connectivity index is 1.70. The van der Waals surface area contributed by atoms with Crippen LogP contribution >= 0.6 is 0 Å². The average molecular weight is 483 g/mol. The summed E-state index contributed by atoms with van der Waals surface area (Å²) in [5.74, 6) is 0.482. The van der Waals surface area contributed by atoms with Gasteiger partial charge in [-0.2, -0.15) is 5.10 Å². The molecule has 176 valence electrons. The summed E-state index contributed by atoms with van der Waals surface area (Å²) in [6.45, 7) is 1.44. The number of amides is 1. The van der Waals surface area contributed by atoms with E-state index < -0.39 is 26.9 Å². The van der Waals surface area contributed by atoms with Crippen LogP contribution < -0.4 is 14.5 Å². The van der Waals surface area contributed by atoms with Gasteiger partial charge in [-0.05, 0) is 61.0 Å². The molecule has 0 heterocycles. The number of benzene rings is 3. The summed E-state index contributed by atoms with van der Waals surface area (Å²) in [6.07, 6.45) is 2.31. The number of rotatable bonds is 9. The maximum atomic E-state index is 12.6. The highest BCUT2D eigenvalue weighted by molar-refractivity contribution is 7.92. The molecule has 11 heteroatoms. The minimum atomic E-state index is -3.81. The number of anilines is 1. The van der Waals surface area contributed by atoms with Gasteiger partial charge >= 0.3 is 0 Å². The molecule has 0 aromatic heterocycles. The van der Waals surface area contributed by atoms with Gasteiger partial charge in [0, 0.05) is 12.1 Å². The zero-order valence-corrected chi connectivity index (χ0v) is 19.2. The van der Waals surface area contributed by atoms with Gasteiger partial charge in [0.1, 0.15) is 17.5 Å². The first-order chi connectivity index (χ1) is 16.1. The van der Waals surface area contributed by atoms with Crippen LogP contribution in [0.25, 0.3) is 0 Å². The van der Waals surface area contributed by atoms with Crippen LogP contribution in [0, 0.1) is 10.1 Å². The number of nitro benzene ring substituents is 1. The maximum Gasteiger partial charge on any atom is 0.269 e. The van der Waals surface area contributed by atoms with Gasteiger partial charge in [-0.15, -0.1) is 0 Å². The van der Waals surface area contributed by atoms with Crippen molar-refractivity contribution in [3.05, 3.63) is 94.5 Å². The van der Waals surface area contributed by atoms with Gasteiger partial charge in [-0.25, -0.2) is 13.8 Å². The molecular weight excluding hydrogens is 460 g/mol. The summed E-state index contributed by atoms with van der Waals surface area (Å²) in [5.41, 5.74) is 3.03. The average Bonchev–Trinajstić information content (AvgIpc) is 2.80. The standard InChI is InChI=1S/C23H22N4O6S/c1-17(23(28)25-24-16-18-8-10-20(11-9-18)27(29)30)26(34(2,31)32)19-12-14-22(15-13-19)33-21-6-4-3-5-7-21/h3-17H,1-2H3,(H,25,28)/b24-16-/t17-/m0/s1. The molecule has 0 fully saturated rings. The number of non-ortho nitro benzene ring substituents is 1. The first-order valence-corrected chi connectivity index (χ1v) is 11.9. The van der Waals surface area contributed by atoms with E-state index in [1.54, 1.807) is 36.4 Å². The monoisotopic (exact) mass is 482 g/mol. The first kappa shape index (κ1) is 24.4. The second-order valence-corrected chi connectivity index (χ2v) is 9.09. The van der Waals surface area contributed by atoms with Crippen LogP contribution in [0.1, 0.15) is 12.5 Å². The predicted octanol–water partition coefficient (Wildman–Crippen LogP) is 3.69. The fraction of sp³-hybridized carbons (Fsp3) is 0.130. The Morgan fingerprint density at radius 2 is 1.62 bits per heavy atom. The van der Waals surface area contributed by atoms with Gasteiger partial charge < -0.3 is 4.74 Å².